The number of benzene rings is 2. The third kappa shape index (κ3) is 6.78. The summed E-state index contributed by atoms with van der Waals surface area (Å²) in [6, 6.07) is 16.8. The van der Waals surface area contributed by atoms with Crippen LogP contribution in [0.2, 0.25) is 0 Å². The molecule has 3 N–H and O–H groups in total. The maximum Gasteiger partial charge on any atom is 0.148 e. The summed E-state index contributed by atoms with van der Waals surface area (Å²) in [6.45, 7) is 3.07. The van der Waals surface area contributed by atoms with E-state index in [-0.39, 0.29) is 5.56 Å². The van der Waals surface area contributed by atoms with Crippen molar-refractivity contribution < 1.29 is 8.60 Å². The second-order valence-electron chi connectivity index (χ2n) is 9.64. The topological polar surface area (TPSA) is 103 Å². The molecule has 1 saturated carbocycles. The summed E-state index contributed by atoms with van der Waals surface area (Å²) in [4.78, 5) is 2.26. The fourth-order valence-corrected chi connectivity index (χ4v) is 5.51. The van der Waals surface area contributed by atoms with Crippen LogP contribution in [0.3, 0.4) is 0 Å². The van der Waals surface area contributed by atoms with Crippen LogP contribution >= 0.6 is 0 Å². The van der Waals surface area contributed by atoms with Crippen LogP contribution in [0.15, 0.2) is 48.5 Å². The summed E-state index contributed by atoms with van der Waals surface area (Å²) >= 11 is 0. The van der Waals surface area contributed by atoms with E-state index in [9.17, 15) is 8.60 Å². The Balaban J connectivity index is 0.000000417. The van der Waals surface area contributed by atoms with Gasteiger partial charge in [0.15, 0.2) is 0 Å². The minimum atomic E-state index is -0.950. The lowest BCUT2D eigenvalue weighted by atomic mass is 9.97. The van der Waals surface area contributed by atoms with Crippen molar-refractivity contribution in [3.05, 3.63) is 59.9 Å². The summed E-state index contributed by atoms with van der Waals surface area (Å²) < 4.78 is 29.7. The number of aromatic nitrogens is 2. The van der Waals surface area contributed by atoms with E-state index in [1.54, 1.807) is 24.1 Å². The van der Waals surface area contributed by atoms with Gasteiger partial charge in [0, 0.05) is 62.8 Å². The molecule has 10 heteroatoms. The number of nitrogens with zero attached hydrogens (tertiary/aromatic N) is 5. The molecule has 5 rings (SSSR count). The Morgan fingerprint density at radius 2 is 1.76 bits per heavy atom. The molecule has 2 fully saturated rings. The van der Waals surface area contributed by atoms with Gasteiger partial charge in [-0.2, -0.15) is 5.26 Å². The molecule has 2 aliphatic rings. The van der Waals surface area contributed by atoms with E-state index in [1.807, 2.05) is 34.6 Å². The van der Waals surface area contributed by atoms with Gasteiger partial charge < -0.3 is 16.0 Å². The summed E-state index contributed by atoms with van der Waals surface area (Å²) in [5.41, 5.74) is 8.90. The first-order chi connectivity index (χ1) is 18.4. The minimum Gasteiger partial charge on any atom is -0.372 e. The van der Waals surface area contributed by atoms with Gasteiger partial charge >= 0.3 is 0 Å². The van der Waals surface area contributed by atoms with E-state index < -0.39 is 16.8 Å². The third-order valence-electron chi connectivity index (χ3n) is 7.04. The fourth-order valence-electron chi connectivity index (χ4n) is 4.83. The van der Waals surface area contributed by atoms with E-state index in [2.05, 4.69) is 21.4 Å². The average Bonchev–Trinajstić information content (AvgIpc) is 3.39. The number of nitrogens with two attached hydrogens (primary N) is 1. The SMILES string of the molecule is CNc1cc(-c2ccc(C#N)c(F)c2)n(-c2cccc(N3CCN(S(C)=O)CC3)c2)n1.NC1CCCCC1. The smallest absolute Gasteiger partial charge is 0.148 e. The van der Waals surface area contributed by atoms with Crippen molar-refractivity contribution >= 4 is 22.5 Å². The Morgan fingerprint density at radius 3 is 2.34 bits per heavy atom. The van der Waals surface area contributed by atoms with E-state index >= 15 is 0 Å². The number of anilines is 2. The van der Waals surface area contributed by atoms with Crippen LogP contribution < -0.4 is 16.0 Å². The van der Waals surface area contributed by atoms with Gasteiger partial charge in [-0.25, -0.2) is 17.6 Å². The van der Waals surface area contributed by atoms with E-state index in [0.29, 0.717) is 17.4 Å². The highest BCUT2D eigenvalue weighted by Crippen LogP contribution is 2.29. The van der Waals surface area contributed by atoms with Gasteiger partial charge in [0.05, 0.1) is 27.9 Å². The lowest BCUT2D eigenvalue weighted by Crippen LogP contribution is -2.46. The van der Waals surface area contributed by atoms with Gasteiger partial charge in [-0.3, -0.25) is 0 Å². The van der Waals surface area contributed by atoms with Crippen molar-refractivity contribution in [2.45, 2.75) is 38.1 Å². The molecular weight excluding hydrogens is 501 g/mol. The van der Waals surface area contributed by atoms with Gasteiger partial charge in [-0.15, -0.1) is 5.10 Å². The molecule has 3 aromatic rings. The predicted octanol–water partition coefficient (Wildman–Crippen LogP) is 4.29. The molecule has 202 valence electrons. The molecule has 8 nitrogen and oxygen atoms in total. The van der Waals surface area contributed by atoms with Crippen LogP contribution in [-0.2, 0) is 11.0 Å². The lowest BCUT2D eigenvalue weighted by molar-refractivity contribution is 0.412. The third-order valence-corrected chi connectivity index (χ3v) is 8.13. The molecule has 0 spiro atoms. The summed E-state index contributed by atoms with van der Waals surface area (Å²) in [7, 11) is 0.831. The normalized spacial score (nSPS) is 17.3. The number of nitrogens with one attached hydrogen (secondary N) is 1. The second-order valence-corrected chi connectivity index (χ2v) is 11.0. The average molecular weight is 538 g/mol. The zero-order valence-corrected chi connectivity index (χ0v) is 22.9. The second kappa shape index (κ2) is 13.0. The first kappa shape index (κ1) is 27.8. The quantitative estimate of drug-likeness (QED) is 0.504. The molecule has 1 saturated heterocycles. The van der Waals surface area contributed by atoms with Gasteiger partial charge in [0.2, 0.25) is 0 Å². The molecule has 1 unspecified atom stereocenters. The van der Waals surface area contributed by atoms with Crippen LogP contribution in [0.5, 0.6) is 0 Å². The number of rotatable bonds is 5. The maximum absolute atomic E-state index is 14.3. The molecule has 1 aliphatic heterocycles. The van der Waals surface area contributed by atoms with Gasteiger partial charge in [-0.1, -0.05) is 31.4 Å². The van der Waals surface area contributed by atoms with Crippen LogP contribution in [0, 0.1) is 17.1 Å². The minimum absolute atomic E-state index is 0.0119. The Labute approximate surface area is 226 Å². The zero-order chi connectivity index (χ0) is 27.1. The van der Waals surface area contributed by atoms with Gasteiger partial charge in [-0.05, 0) is 43.2 Å². The summed E-state index contributed by atoms with van der Waals surface area (Å²) in [5.74, 6) is 0.0999. The number of nitriles is 1. The predicted molar refractivity (Wildman–Crippen MR) is 152 cm³/mol. The van der Waals surface area contributed by atoms with Crippen molar-refractivity contribution in [2.24, 2.45) is 5.73 Å². The largest absolute Gasteiger partial charge is 0.372 e. The van der Waals surface area contributed by atoms with Crippen LogP contribution in [0.25, 0.3) is 16.9 Å². The molecule has 0 bridgehead atoms. The van der Waals surface area contributed by atoms with Crippen LogP contribution in [0.1, 0.15) is 37.7 Å². The first-order valence-electron chi connectivity index (χ1n) is 13.1. The molecule has 1 atom stereocenters. The molecular formula is C28H36FN7OS. The Hall–Kier alpha value is -3.26. The first-order valence-corrected chi connectivity index (χ1v) is 14.6. The standard InChI is InChI=1S/C22H23FN6OS.C6H13N/c1-25-22-14-21(16-6-7-17(15-24)20(23)12-16)29(26-22)19-5-3-4-18(13-19)27-8-10-28(11-9-27)31(2)30;7-6-4-2-1-3-5-6/h3-7,12-14H,8-11H2,1-2H3,(H,25,26);6H,1-5,7H2. The van der Waals surface area contributed by atoms with E-state index in [4.69, 9.17) is 11.0 Å². The van der Waals surface area contributed by atoms with Gasteiger partial charge in [0.25, 0.3) is 0 Å². The Kier molecular flexibility index (Phi) is 9.50. The Morgan fingerprint density at radius 1 is 1.05 bits per heavy atom. The highest BCUT2D eigenvalue weighted by Gasteiger charge is 2.20. The zero-order valence-electron chi connectivity index (χ0n) is 22.1. The molecule has 1 aliphatic carbocycles. The number of halogens is 1. The number of piperazine rings is 1. The highest BCUT2D eigenvalue weighted by molar-refractivity contribution is 7.81. The van der Waals surface area contributed by atoms with Crippen molar-refractivity contribution in [2.75, 3.05) is 49.7 Å². The van der Waals surface area contributed by atoms with Crippen molar-refractivity contribution in [3.8, 4) is 23.0 Å². The summed E-state index contributed by atoms with van der Waals surface area (Å²) in [5, 5.41) is 16.7. The van der Waals surface area contributed by atoms with Crippen molar-refractivity contribution in [1.29, 1.82) is 5.26 Å². The molecule has 1 aromatic heterocycles. The number of hydrogen-bond donors (Lipinski definition) is 2. The van der Waals surface area contributed by atoms with Crippen molar-refractivity contribution in [3.63, 3.8) is 0 Å². The molecule has 38 heavy (non-hydrogen) atoms. The summed E-state index contributed by atoms with van der Waals surface area (Å²) in [6.07, 6.45) is 8.37. The van der Waals surface area contributed by atoms with E-state index in [1.165, 1.54) is 44.2 Å². The molecule has 0 radical (unpaired) electrons. The molecule has 2 aromatic carbocycles. The fraction of sp³-hybridized carbons (Fsp3) is 0.429. The van der Waals surface area contributed by atoms with Crippen LogP contribution in [-0.4, -0.2) is 63.8 Å². The van der Waals surface area contributed by atoms with Crippen LogP contribution in [0.4, 0.5) is 15.9 Å². The highest BCUT2D eigenvalue weighted by atomic mass is 32.2. The molecule has 0 amide bonds. The monoisotopic (exact) mass is 537 g/mol. The number of hydrogen-bond acceptors (Lipinski definition) is 6. The lowest BCUT2D eigenvalue weighted by Gasteiger charge is -2.34. The molecule has 2 heterocycles. The maximum atomic E-state index is 14.3. The van der Waals surface area contributed by atoms with Crippen molar-refractivity contribution in [1.82, 2.24) is 14.1 Å². The Bertz CT molecular complexity index is 1290. The van der Waals surface area contributed by atoms with E-state index in [0.717, 1.165) is 43.2 Å². The van der Waals surface area contributed by atoms with Gasteiger partial charge in [0.1, 0.15) is 17.7 Å².